The molecular formula is C26H37N5O3S2. The Morgan fingerprint density at radius 1 is 1.22 bits per heavy atom. The zero-order valence-corrected chi connectivity index (χ0v) is 23.1. The van der Waals surface area contributed by atoms with E-state index < -0.39 is 0 Å². The van der Waals surface area contributed by atoms with E-state index in [4.69, 9.17) is 4.42 Å². The molecule has 196 valence electrons. The Hall–Kier alpha value is -2.17. The molecule has 1 unspecified atom stereocenters. The first-order chi connectivity index (χ1) is 17.2. The number of hydrogen-bond donors (Lipinski definition) is 1. The third kappa shape index (κ3) is 7.20. The Balaban J connectivity index is 1.19. The molecule has 0 bridgehead atoms. The Kier molecular flexibility index (Phi) is 8.90. The smallest absolute Gasteiger partial charge is 0.245 e. The molecule has 8 nitrogen and oxygen atoms in total. The van der Waals surface area contributed by atoms with Gasteiger partial charge in [-0.25, -0.2) is 9.97 Å². The molecule has 2 aliphatic rings. The quantitative estimate of drug-likeness (QED) is 0.387. The van der Waals surface area contributed by atoms with Gasteiger partial charge in [0.05, 0.1) is 22.4 Å². The summed E-state index contributed by atoms with van der Waals surface area (Å²) in [6, 6.07) is 0. The molecule has 0 aliphatic carbocycles. The summed E-state index contributed by atoms with van der Waals surface area (Å²) in [5.74, 6) is 2.80. The molecule has 36 heavy (non-hydrogen) atoms. The van der Waals surface area contributed by atoms with Crippen LogP contribution in [0, 0.1) is 11.8 Å². The van der Waals surface area contributed by atoms with Crippen molar-refractivity contribution in [3.63, 3.8) is 0 Å². The number of rotatable bonds is 8. The number of nitrogens with zero attached hydrogens (tertiary/aromatic N) is 4. The van der Waals surface area contributed by atoms with Crippen LogP contribution in [0.15, 0.2) is 33.7 Å². The predicted octanol–water partition coefficient (Wildman–Crippen LogP) is 4.80. The van der Waals surface area contributed by atoms with Gasteiger partial charge in [-0.1, -0.05) is 38.7 Å². The summed E-state index contributed by atoms with van der Waals surface area (Å²) in [7, 11) is 0. The lowest BCUT2D eigenvalue weighted by Crippen LogP contribution is -2.45. The van der Waals surface area contributed by atoms with Crippen LogP contribution in [0.1, 0.15) is 58.1 Å². The van der Waals surface area contributed by atoms with Crippen molar-refractivity contribution in [1.82, 2.24) is 19.8 Å². The van der Waals surface area contributed by atoms with Crippen LogP contribution in [0.25, 0.3) is 0 Å². The maximum atomic E-state index is 12.9. The molecule has 2 fully saturated rings. The molecule has 4 heterocycles. The van der Waals surface area contributed by atoms with Crippen molar-refractivity contribution in [2.45, 2.75) is 61.8 Å². The molecule has 0 spiro atoms. The van der Waals surface area contributed by atoms with Gasteiger partial charge in [0, 0.05) is 31.0 Å². The zero-order chi connectivity index (χ0) is 25.7. The van der Waals surface area contributed by atoms with Crippen molar-refractivity contribution < 1.29 is 14.0 Å². The summed E-state index contributed by atoms with van der Waals surface area (Å²) >= 11 is 3.10. The van der Waals surface area contributed by atoms with Gasteiger partial charge in [-0.2, -0.15) is 0 Å². The molecule has 2 aromatic heterocycles. The van der Waals surface area contributed by atoms with Crippen LogP contribution in [0.2, 0.25) is 0 Å². The topological polar surface area (TPSA) is 91.6 Å². The summed E-state index contributed by atoms with van der Waals surface area (Å²) < 4.78 is 6.88. The normalized spacial score (nSPS) is 19.9. The number of aromatic nitrogens is 2. The van der Waals surface area contributed by atoms with Crippen molar-refractivity contribution in [2.24, 2.45) is 11.8 Å². The van der Waals surface area contributed by atoms with Gasteiger partial charge in [0.15, 0.2) is 5.13 Å². The van der Waals surface area contributed by atoms with E-state index in [1.54, 1.807) is 24.2 Å². The summed E-state index contributed by atoms with van der Waals surface area (Å²) in [5, 5.41) is 3.66. The van der Waals surface area contributed by atoms with Crippen molar-refractivity contribution in [2.75, 3.05) is 38.0 Å². The third-order valence-corrected chi connectivity index (χ3v) is 8.92. The molecule has 2 aromatic rings. The molecule has 2 aliphatic heterocycles. The van der Waals surface area contributed by atoms with Gasteiger partial charge in [0.2, 0.25) is 17.7 Å². The molecule has 2 amide bonds. The molecular weight excluding hydrogens is 494 g/mol. The van der Waals surface area contributed by atoms with Crippen molar-refractivity contribution in [3.05, 3.63) is 36.7 Å². The number of piperidine rings is 2. The van der Waals surface area contributed by atoms with Gasteiger partial charge in [-0.3, -0.25) is 9.59 Å². The van der Waals surface area contributed by atoms with Crippen LogP contribution in [0.3, 0.4) is 0 Å². The van der Waals surface area contributed by atoms with E-state index >= 15 is 0 Å². The fourth-order valence-corrected chi connectivity index (χ4v) is 6.46. The molecule has 0 aromatic carbocycles. The van der Waals surface area contributed by atoms with Crippen LogP contribution in [-0.2, 0) is 20.8 Å². The number of thioether (sulfide) groups is 1. The average molecular weight is 532 g/mol. The fourth-order valence-electron chi connectivity index (χ4n) is 4.73. The molecule has 10 heteroatoms. The monoisotopic (exact) mass is 531 g/mol. The highest BCUT2D eigenvalue weighted by atomic mass is 32.2. The third-order valence-electron chi connectivity index (χ3n) is 6.83. The number of likely N-dealkylation sites (tertiary alicyclic amines) is 2. The molecule has 4 rings (SSSR count). The van der Waals surface area contributed by atoms with Gasteiger partial charge < -0.3 is 19.5 Å². The van der Waals surface area contributed by atoms with Gasteiger partial charge >= 0.3 is 0 Å². The van der Waals surface area contributed by atoms with Crippen molar-refractivity contribution in [3.8, 4) is 0 Å². The van der Waals surface area contributed by atoms with Gasteiger partial charge in [0.25, 0.3) is 0 Å². The van der Waals surface area contributed by atoms with Gasteiger partial charge in [0.1, 0.15) is 5.76 Å². The number of nitrogens with one attached hydrogen (secondary N) is 1. The van der Waals surface area contributed by atoms with E-state index in [1.165, 1.54) is 17.4 Å². The second-order valence-electron chi connectivity index (χ2n) is 10.7. The number of anilines is 1. The first-order valence-corrected chi connectivity index (χ1v) is 14.5. The Bertz CT molecular complexity index is 1050. The van der Waals surface area contributed by atoms with Crippen LogP contribution >= 0.6 is 23.1 Å². The van der Waals surface area contributed by atoms with E-state index in [0.717, 1.165) is 68.4 Å². The largest absolute Gasteiger partial charge is 0.444 e. The second-order valence-corrected chi connectivity index (χ2v) is 13.0. The minimum Gasteiger partial charge on any atom is -0.444 e. The van der Waals surface area contributed by atoms with Gasteiger partial charge in [-0.05, 0) is 50.8 Å². The minimum atomic E-state index is -0.0586. The first-order valence-electron chi connectivity index (χ1n) is 12.7. The number of amides is 2. The predicted molar refractivity (Wildman–Crippen MR) is 144 cm³/mol. The molecule has 0 saturated carbocycles. The second kappa shape index (κ2) is 11.9. The molecule has 2 saturated heterocycles. The zero-order valence-electron chi connectivity index (χ0n) is 21.5. The van der Waals surface area contributed by atoms with Crippen LogP contribution in [-0.4, -0.2) is 64.3 Å². The summed E-state index contributed by atoms with van der Waals surface area (Å²) in [5.41, 5.74) is -0.0586. The Morgan fingerprint density at radius 3 is 2.69 bits per heavy atom. The summed E-state index contributed by atoms with van der Waals surface area (Å²) in [4.78, 5) is 37.9. The highest BCUT2D eigenvalue weighted by Gasteiger charge is 2.29. The maximum Gasteiger partial charge on any atom is 0.245 e. The lowest BCUT2D eigenvalue weighted by Gasteiger charge is -2.37. The van der Waals surface area contributed by atoms with E-state index in [1.807, 2.05) is 4.90 Å². The maximum absolute atomic E-state index is 12.9. The van der Waals surface area contributed by atoms with Crippen LogP contribution in [0.4, 0.5) is 5.13 Å². The van der Waals surface area contributed by atoms with E-state index in [2.05, 4.69) is 47.5 Å². The SMILES string of the molecule is C=CC(=O)N1CCCC(CN2CCC(C(=O)Nc3ncc(SCc4ncc(C(C)(C)C)o4)s3)CC2)C1. The van der Waals surface area contributed by atoms with E-state index in [9.17, 15) is 9.59 Å². The standard InChI is InChI=1S/C26H37N5O3S2/c1-5-22(32)31-10-6-7-18(16-31)15-30-11-8-19(9-12-30)24(33)29-25-28-14-23(36-25)35-17-21-27-13-20(34-21)26(2,3)4/h5,13-14,18-19H,1,6-12,15-17H2,2-4H3,(H,28,29,33). The van der Waals surface area contributed by atoms with Crippen LogP contribution in [0.5, 0.6) is 0 Å². The molecule has 0 radical (unpaired) electrons. The number of hydrogen-bond acceptors (Lipinski definition) is 8. The average Bonchev–Trinajstić information content (AvgIpc) is 3.52. The molecule has 1 atom stereocenters. The lowest BCUT2D eigenvalue weighted by molar-refractivity contribution is -0.128. The Morgan fingerprint density at radius 2 is 2.00 bits per heavy atom. The number of carbonyl (C=O) groups excluding carboxylic acids is 2. The molecule has 1 N–H and O–H groups in total. The van der Waals surface area contributed by atoms with Crippen molar-refractivity contribution in [1.29, 1.82) is 0 Å². The fraction of sp³-hybridized carbons (Fsp3) is 0.615. The van der Waals surface area contributed by atoms with E-state index in [-0.39, 0.29) is 23.1 Å². The summed E-state index contributed by atoms with van der Waals surface area (Å²) in [6.07, 6.45) is 8.91. The van der Waals surface area contributed by atoms with E-state index in [0.29, 0.717) is 22.7 Å². The van der Waals surface area contributed by atoms with Crippen molar-refractivity contribution >= 4 is 40.0 Å². The highest BCUT2D eigenvalue weighted by Crippen LogP contribution is 2.32. The number of oxazole rings is 1. The Labute approximate surface area is 221 Å². The number of thiazole rings is 1. The first kappa shape index (κ1) is 26.9. The van der Waals surface area contributed by atoms with Crippen LogP contribution < -0.4 is 5.32 Å². The highest BCUT2D eigenvalue weighted by molar-refractivity contribution is 8.00. The lowest BCUT2D eigenvalue weighted by atomic mass is 9.93. The number of carbonyl (C=O) groups is 2. The minimum absolute atomic E-state index is 0.00888. The van der Waals surface area contributed by atoms with Gasteiger partial charge in [-0.15, -0.1) is 11.8 Å². The summed E-state index contributed by atoms with van der Waals surface area (Å²) in [6.45, 7) is 14.4.